The van der Waals surface area contributed by atoms with E-state index in [9.17, 15) is 9.90 Å². The van der Waals surface area contributed by atoms with Crippen LogP contribution in [-0.2, 0) is 0 Å². The van der Waals surface area contributed by atoms with Gasteiger partial charge in [-0.15, -0.1) is 0 Å². The van der Waals surface area contributed by atoms with E-state index in [0.717, 1.165) is 22.4 Å². The molecule has 116 valence electrons. The molecule has 2 aromatic carbocycles. The fourth-order valence-electron chi connectivity index (χ4n) is 2.50. The molecule has 0 atom stereocenters. The summed E-state index contributed by atoms with van der Waals surface area (Å²) in [5.41, 5.74) is 3.74. The molecule has 1 N–H and O–H groups in total. The second-order valence-electron chi connectivity index (χ2n) is 5.43. The molecule has 0 unspecified atom stereocenters. The van der Waals surface area contributed by atoms with Gasteiger partial charge in [0.05, 0.1) is 5.69 Å². The van der Waals surface area contributed by atoms with Crippen LogP contribution in [0.3, 0.4) is 0 Å². The van der Waals surface area contributed by atoms with Gasteiger partial charge in [-0.05, 0) is 37.6 Å². The predicted molar refractivity (Wildman–Crippen MR) is 90.4 cm³/mol. The summed E-state index contributed by atoms with van der Waals surface area (Å²) in [7, 11) is 0. The minimum atomic E-state index is -1.06. The van der Waals surface area contributed by atoms with Crippen LogP contribution in [0.4, 0.5) is 0 Å². The third-order valence-corrected chi connectivity index (χ3v) is 3.87. The molecule has 0 radical (unpaired) electrons. The summed E-state index contributed by atoms with van der Waals surface area (Å²) in [5.74, 6) is -0.478. The normalized spacial score (nSPS) is 10.7. The van der Waals surface area contributed by atoms with Gasteiger partial charge < -0.3 is 5.11 Å². The number of benzene rings is 2. The number of carboxylic acids is 1. The Morgan fingerprint density at radius 1 is 1.17 bits per heavy atom. The van der Waals surface area contributed by atoms with Gasteiger partial charge in [-0.2, -0.15) is 0 Å². The third kappa shape index (κ3) is 2.98. The molecular formula is C18H15ClN2O2. The summed E-state index contributed by atoms with van der Waals surface area (Å²) >= 11 is 6.11. The van der Waals surface area contributed by atoms with Crippen molar-refractivity contribution in [2.24, 2.45) is 0 Å². The number of aromatic carboxylic acids is 1. The maximum Gasteiger partial charge on any atom is 0.356 e. The van der Waals surface area contributed by atoms with Crippen molar-refractivity contribution in [3.8, 4) is 17.1 Å². The lowest BCUT2D eigenvalue weighted by molar-refractivity contribution is 0.0691. The van der Waals surface area contributed by atoms with Crippen LogP contribution in [0.2, 0.25) is 5.02 Å². The predicted octanol–water partition coefficient (Wildman–Crippen LogP) is 4.51. The zero-order chi connectivity index (χ0) is 16.6. The summed E-state index contributed by atoms with van der Waals surface area (Å²) in [6, 6.07) is 13.3. The molecule has 3 rings (SSSR count). The van der Waals surface area contributed by atoms with Crippen LogP contribution in [-0.4, -0.2) is 20.6 Å². The molecule has 1 aromatic heterocycles. The summed E-state index contributed by atoms with van der Waals surface area (Å²) in [5, 5.41) is 9.88. The summed E-state index contributed by atoms with van der Waals surface area (Å²) in [6.07, 6.45) is 1.53. The number of hydrogen-bond acceptors (Lipinski definition) is 2. The van der Waals surface area contributed by atoms with Crippen LogP contribution in [0, 0.1) is 13.8 Å². The van der Waals surface area contributed by atoms with Crippen molar-refractivity contribution >= 4 is 17.6 Å². The highest BCUT2D eigenvalue weighted by Gasteiger charge is 2.17. The number of carboxylic acid groups (broad SMARTS) is 1. The Morgan fingerprint density at radius 3 is 2.65 bits per heavy atom. The molecule has 3 aromatic rings. The van der Waals surface area contributed by atoms with E-state index in [1.54, 1.807) is 4.57 Å². The fraction of sp³-hybridized carbons (Fsp3) is 0.111. The Bertz CT molecular complexity index is 900. The largest absolute Gasteiger partial charge is 0.476 e. The molecule has 23 heavy (non-hydrogen) atoms. The summed E-state index contributed by atoms with van der Waals surface area (Å²) in [4.78, 5) is 15.6. The van der Waals surface area contributed by atoms with Gasteiger partial charge >= 0.3 is 5.97 Å². The molecule has 0 bridgehead atoms. The monoisotopic (exact) mass is 326 g/mol. The van der Waals surface area contributed by atoms with Gasteiger partial charge in [0.1, 0.15) is 5.82 Å². The molecule has 0 fully saturated rings. The molecule has 1 heterocycles. The molecule has 0 aliphatic heterocycles. The highest BCUT2D eigenvalue weighted by atomic mass is 35.5. The average Bonchev–Trinajstić information content (AvgIpc) is 2.95. The number of aromatic nitrogens is 2. The number of imidazole rings is 1. The van der Waals surface area contributed by atoms with E-state index in [0.29, 0.717) is 10.8 Å². The van der Waals surface area contributed by atoms with E-state index in [4.69, 9.17) is 11.6 Å². The van der Waals surface area contributed by atoms with Crippen molar-refractivity contribution in [1.29, 1.82) is 0 Å². The van der Waals surface area contributed by atoms with Gasteiger partial charge in [-0.25, -0.2) is 9.78 Å². The van der Waals surface area contributed by atoms with Crippen LogP contribution in [0.5, 0.6) is 0 Å². The molecule has 0 amide bonds. The molecule has 0 aliphatic carbocycles. The topological polar surface area (TPSA) is 55.1 Å². The fourth-order valence-corrected chi connectivity index (χ4v) is 2.66. The van der Waals surface area contributed by atoms with Gasteiger partial charge in [0.2, 0.25) is 0 Å². The summed E-state index contributed by atoms with van der Waals surface area (Å²) < 4.78 is 1.78. The van der Waals surface area contributed by atoms with Gasteiger partial charge in [0.25, 0.3) is 0 Å². The minimum Gasteiger partial charge on any atom is -0.476 e. The maximum absolute atomic E-state index is 11.3. The molecule has 0 saturated carbocycles. The van der Waals surface area contributed by atoms with E-state index in [2.05, 4.69) is 4.98 Å². The number of halogens is 1. The Labute approximate surface area is 139 Å². The van der Waals surface area contributed by atoms with Crippen molar-refractivity contribution in [3.63, 3.8) is 0 Å². The first-order valence-electron chi connectivity index (χ1n) is 7.12. The highest BCUT2D eigenvalue weighted by Crippen LogP contribution is 2.27. The third-order valence-electron chi connectivity index (χ3n) is 3.63. The lowest BCUT2D eigenvalue weighted by Crippen LogP contribution is -1.99. The second-order valence-corrected chi connectivity index (χ2v) is 5.86. The Balaban J connectivity index is 2.27. The average molecular weight is 327 g/mol. The van der Waals surface area contributed by atoms with Crippen LogP contribution in [0.1, 0.15) is 21.6 Å². The van der Waals surface area contributed by atoms with Crippen molar-refractivity contribution in [2.75, 3.05) is 0 Å². The molecule has 0 spiro atoms. The van der Waals surface area contributed by atoms with Crippen LogP contribution < -0.4 is 0 Å². The molecule has 5 heteroatoms. The lowest BCUT2D eigenvalue weighted by atomic mass is 10.1. The summed E-state index contributed by atoms with van der Waals surface area (Å²) in [6.45, 7) is 3.94. The lowest BCUT2D eigenvalue weighted by Gasteiger charge is -2.11. The van der Waals surface area contributed by atoms with Gasteiger partial charge in [-0.3, -0.25) is 4.57 Å². The maximum atomic E-state index is 11.3. The second kappa shape index (κ2) is 5.89. The minimum absolute atomic E-state index is 0.000816. The van der Waals surface area contributed by atoms with Gasteiger partial charge in [0.15, 0.2) is 5.69 Å². The number of aryl methyl sites for hydroxylation is 2. The van der Waals surface area contributed by atoms with E-state index in [-0.39, 0.29) is 5.69 Å². The van der Waals surface area contributed by atoms with E-state index < -0.39 is 5.97 Å². The van der Waals surface area contributed by atoms with E-state index in [1.165, 1.54) is 6.20 Å². The van der Waals surface area contributed by atoms with Crippen molar-refractivity contribution in [1.82, 2.24) is 9.55 Å². The number of rotatable bonds is 3. The Morgan fingerprint density at radius 2 is 1.96 bits per heavy atom. The SMILES string of the molecule is Cc1cccc(-c2nc(C(=O)O)cn2-c2cc(Cl)ccc2C)c1. The van der Waals surface area contributed by atoms with Crippen LogP contribution in [0.25, 0.3) is 17.1 Å². The van der Waals surface area contributed by atoms with Crippen LogP contribution in [0.15, 0.2) is 48.7 Å². The smallest absolute Gasteiger partial charge is 0.356 e. The Kier molecular flexibility index (Phi) is 3.92. The molecule has 0 saturated heterocycles. The number of hydrogen-bond donors (Lipinski definition) is 1. The Hall–Kier alpha value is -2.59. The quantitative estimate of drug-likeness (QED) is 0.770. The molecule has 0 aliphatic rings. The van der Waals surface area contributed by atoms with Crippen molar-refractivity contribution < 1.29 is 9.90 Å². The number of carbonyl (C=O) groups is 1. The van der Waals surface area contributed by atoms with E-state index in [1.807, 2.05) is 56.3 Å². The van der Waals surface area contributed by atoms with Gasteiger partial charge in [-0.1, -0.05) is 41.4 Å². The zero-order valence-electron chi connectivity index (χ0n) is 12.7. The van der Waals surface area contributed by atoms with Crippen molar-refractivity contribution in [3.05, 3.63) is 70.5 Å². The molecule has 4 nitrogen and oxygen atoms in total. The van der Waals surface area contributed by atoms with Gasteiger partial charge in [0, 0.05) is 16.8 Å². The zero-order valence-corrected chi connectivity index (χ0v) is 13.5. The first-order chi connectivity index (χ1) is 11.0. The number of nitrogens with zero attached hydrogens (tertiary/aromatic N) is 2. The van der Waals surface area contributed by atoms with Crippen molar-refractivity contribution in [2.45, 2.75) is 13.8 Å². The van der Waals surface area contributed by atoms with E-state index >= 15 is 0 Å². The van der Waals surface area contributed by atoms with Crippen LogP contribution >= 0.6 is 11.6 Å². The first-order valence-corrected chi connectivity index (χ1v) is 7.50. The molecular weight excluding hydrogens is 312 g/mol. The highest BCUT2D eigenvalue weighted by molar-refractivity contribution is 6.30. The first kappa shape index (κ1) is 15.3. The standard InChI is InChI=1S/C18H15ClN2O2/c1-11-4-3-5-13(8-11)17-20-15(18(22)23)10-21(17)16-9-14(19)7-6-12(16)2/h3-10H,1-2H3,(H,22,23).